The zero-order valence-corrected chi connectivity index (χ0v) is 17.3. The maximum absolute atomic E-state index is 5.59. The summed E-state index contributed by atoms with van der Waals surface area (Å²) in [4.78, 5) is 0. The van der Waals surface area contributed by atoms with E-state index in [0.29, 0.717) is 0 Å². The Labute approximate surface area is 156 Å². The van der Waals surface area contributed by atoms with Crippen LogP contribution in [0, 0.1) is 10.8 Å². The fraction of sp³-hybridized carbons (Fsp3) is 0.500. The zero-order valence-electron chi connectivity index (χ0n) is 17.3. The first kappa shape index (κ1) is 17.5. The monoisotopic (exact) mass is 350 g/mol. The zero-order chi connectivity index (χ0) is 19.1. The van der Waals surface area contributed by atoms with E-state index in [4.69, 9.17) is 9.15 Å². The lowest BCUT2D eigenvalue weighted by molar-refractivity contribution is 0.0548. The molecule has 2 nitrogen and oxygen atoms in total. The Balaban J connectivity index is 2.24. The summed E-state index contributed by atoms with van der Waals surface area (Å²) in [6, 6.07) is 13.3. The maximum atomic E-state index is 5.59. The first-order chi connectivity index (χ1) is 11.9. The average molecular weight is 351 g/mol. The van der Waals surface area contributed by atoms with Crippen LogP contribution in [-0.2, 0) is 10.8 Å². The Morgan fingerprint density at radius 3 is 1.65 bits per heavy atom. The van der Waals surface area contributed by atoms with Gasteiger partial charge in [0.05, 0.1) is 0 Å². The molecule has 0 N–H and O–H groups in total. The van der Waals surface area contributed by atoms with Gasteiger partial charge in [0.15, 0.2) is 0 Å². The first-order valence-electron chi connectivity index (χ1n) is 9.56. The molecule has 2 unspecified atom stereocenters. The van der Waals surface area contributed by atoms with Crippen molar-refractivity contribution in [3.63, 3.8) is 0 Å². The minimum absolute atomic E-state index is 0.0190. The van der Waals surface area contributed by atoms with Gasteiger partial charge in [-0.1, -0.05) is 85.7 Å². The summed E-state index contributed by atoms with van der Waals surface area (Å²) < 4.78 is 10.9. The third-order valence-corrected chi connectivity index (χ3v) is 7.38. The highest BCUT2D eigenvalue weighted by molar-refractivity contribution is 5.82. The van der Waals surface area contributed by atoms with Gasteiger partial charge in [0.2, 0.25) is 11.2 Å². The lowest BCUT2D eigenvalue weighted by Gasteiger charge is -2.56. The van der Waals surface area contributed by atoms with E-state index in [1.807, 2.05) is 0 Å². The van der Waals surface area contributed by atoms with Gasteiger partial charge >= 0.3 is 0 Å². The van der Waals surface area contributed by atoms with Gasteiger partial charge in [0, 0.05) is 16.4 Å². The summed E-state index contributed by atoms with van der Waals surface area (Å²) in [5.74, 6) is 0. The molecule has 26 heavy (non-hydrogen) atoms. The summed E-state index contributed by atoms with van der Waals surface area (Å²) in [5.41, 5.74) is 7.06. The fourth-order valence-corrected chi connectivity index (χ4v) is 4.90. The van der Waals surface area contributed by atoms with Crippen LogP contribution in [0.3, 0.4) is 0 Å². The molecule has 1 aliphatic rings. The highest BCUT2D eigenvalue weighted by atomic mass is 17.0. The molecule has 1 heterocycles. The normalized spacial score (nSPS) is 26.0. The van der Waals surface area contributed by atoms with E-state index in [9.17, 15) is 0 Å². The lowest BCUT2D eigenvalue weighted by atomic mass is 9.47. The molecule has 0 bridgehead atoms. The van der Waals surface area contributed by atoms with E-state index in [0.717, 1.165) is 11.2 Å². The van der Waals surface area contributed by atoms with Gasteiger partial charge < -0.3 is 0 Å². The van der Waals surface area contributed by atoms with Gasteiger partial charge in [-0.25, -0.2) is 0 Å². The van der Waals surface area contributed by atoms with Crippen LogP contribution in [-0.4, -0.2) is 0 Å². The quantitative estimate of drug-likeness (QED) is 0.406. The predicted octanol–water partition coefficient (Wildman–Crippen LogP) is 7.04. The SMILES string of the molecule is CC(C)(C)C1(C)c2ccccc2C(C)(C(C)(C)C)c2c1ccc1ooc21. The third-order valence-electron chi connectivity index (χ3n) is 7.38. The predicted molar refractivity (Wildman–Crippen MR) is 107 cm³/mol. The van der Waals surface area contributed by atoms with Gasteiger partial charge in [0.25, 0.3) is 0 Å². The van der Waals surface area contributed by atoms with Gasteiger partial charge in [0.1, 0.15) is 0 Å². The fourth-order valence-electron chi connectivity index (χ4n) is 4.90. The van der Waals surface area contributed by atoms with Gasteiger partial charge in [-0.15, -0.1) is 0 Å². The molecule has 4 rings (SSSR count). The van der Waals surface area contributed by atoms with Crippen molar-refractivity contribution in [1.29, 1.82) is 0 Å². The molecule has 2 atom stereocenters. The molecule has 2 aromatic carbocycles. The second-order valence-electron chi connectivity index (χ2n) is 10.3. The summed E-state index contributed by atoms with van der Waals surface area (Å²) in [6.07, 6.45) is 0. The number of rotatable bonds is 0. The minimum atomic E-state index is -0.168. The van der Waals surface area contributed by atoms with E-state index >= 15 is 0 Å². The first-order valence-corrected chi connectivity index (χ1v) is 9.56. The molecule has 1 aromatic heterocycles. The van der Waals surface area contributed by atoms with E-state index in [1.165, 1.54) is 22.3 Å². The molecule has 0 saturated carbocycles. The van der Waals surface area contributed by atoms with Crippen LogP contribution in [0.1, 0.15) is 77.6 Å². The molecular formula is C24H30O2. The van der Waals surface area contributed by atoms with Crippen molar-refractivity contribution in [3.05, 3.63) is 58.7 Å². The molecule has 2 heteroatoms. The second kappa shape index (κ2) is 4.85. The maximum Gasteiger partial charge on any atom is 0.230 e. The third kappa shape index (κ3) is 1.83. The van der Waals surface area contributed by atoms with Crippen molar-refractivity contribution in [2.24, 2.45) is 10.8 Å². The molecule has 0 fully saturated rings. The summed E-state index contributed by atoms with van der Waals surface area (Å²) in [7, 11) is 0. The molecule has 0 saturated heterocycles. The number of benzene rings is 2. The van der Waals surface area contributed by atoms with Crippen molar-refractivity contribution in [3.8, 4) is 0 Å². The Kier molecular flexibility index (Phi) is 3.26. The average Bonchev–Trinajstić information content (AvgIpc) is 2.51. The van der Waals surface area contributed by atoms with Crippen molar-refractivity contribution in [2.75, 3.05) is 0 Å². The topological polar surface area (TPSA) is 26.3 Å². The Bertz CT molecular complexity index is 989. The van der Waals surface area contributed by atoms with Gasteiger partial charge in [-0.05, 0) is 33.6 Å². The molecule has 0 radical (unpaired) electrons. The molecule has 138 valence electrons. The second-order valence-corrected chi connectivity index (χ2v) is 10.3. The van der Waals surface area contributed by atoms with Crippen LogP contribution >= 0.6 is 0 Å². The molecule has 0 amide bonds. The van der Waals surface area contributed by atoms with Crippen molar-refractivity contribution < 1.29 is 9.15 Å². The highest BCUT2D eigenvalue weighted by Crippen LogP contribution is 2.62. The van der Waals surface area contributed by atoms with Gasteiger partial charge in [-0.2, -0.15) is 0 Å². The van der Waals surface area contributed by atoms with Crippen LogP contribution in [0.5, 0.6) is 0 Å². The van der Waals surface area contributed by atoms with E-state index < -0.39 is 0 Å². The van der Waals surface area contributed by atoms with Crippen LogP contribution in [0.15, 0.2) is 45.6 Å². The largest absolute Gasteiger partial charge is 0.286 e. The molecular weight excluding hydrogens is 320 g/mol. The summed E-state index contributed by atoms with van der Waals surface area (Å²) in [6.45, 7) is 18.7. The molecule has 3 aromatic rings. The van der Waals surface area contributed by atoms with E-state index in [2.05, 4.69) is 91.8 Å². The Morgan fingerprint density at radius 1 is 0.654 bits per heavy atom. The Hall–Kier alpha value is -1.96. The van der Waals surface area contributed by atoms with Crippen LogP contribution < -0.4 is 0 Å². The van der Waals surface area contributed by atoms with Crippen LogP contribution in [0.4, 0.5) is 0 Å². The van der Waals surface area contributed by atoms with Crippen molar-refractivity contribution >= 4 is 11.2 Å². The minimum Gasteiger partial charge on any atom is -0.286 e. The molecule has 1 aliphatic carbocycles. The van der Waals surface area contributed by atoms with Crippen molar-refractivity contribution in [2.45, 2.75) is 66.2 Å². The van der Waals surface area contributed by atoms with E-state index in [1.54, 1.807) is 0 Å². The Morgan fingerprint density at radius 2 is 1.19 bits per heavy atom. The molecule has 0 spiro atoms. The smallest absolute Gasteiger partial charge is 0.230 e. The van der Waals surface area contributed by atoms with Crippen LogP contribution in [0.2, 0.25) is 0 Å². The highest BCUT2D eigenvalue weighted by Gasteiger charge is 2.56. The number of fused-ring (bicyclic) bond motifs is 4. The van der Waals surface area contributed by atoms with Gasteiger partial charge in [-0.3, -0.25) is 9.15 Å². The van der Waals surface area contributed by atoms with Crippen molar-refractivity contribution in [1.82, 2.24) is 0 Å². The number of hydrogen-bond acceptors (Lipinski definition) is 2. The number of hydrogen-bond donors (Lipinski definition) is 0. The molecule has 0 aliphatic heterocycles. The summed E-state index contributed by atoms with van der Waals surface area (Å²) in [5, 5.41) is 0. The van der Waals surface area contributed by atoms with Crippen LogP contribution in [0.25, 0.3) is 11.2 Å². The van der Waals surface area contributed by atoms with E-state index in [-0.39, 0.29) is 21.7 Å². The summed E-state index contributed by atoms with van der Waals surface area (Å²) >= 11 is 0. The standard InChI is InChI=1S/C24H30O2/c1-21(2,3)23(7)15-11-9-10-12-16(15)24(8,22(4,5)6)19-17(23)13-14-18-20(19)26-25-18/h9-14H,1-8H3. The lowest BCUT2D eigenvalue weighted by Crippen LogP contribution is -2.51.